The molecule has 2 N–H and O–H groups in total. The van der Waals surface area contributed by atoms with Gasteiger partial charge in [0.1, 0.15) is 12.1 Å². The maximum absolute atomic E-state index is 11.6. The Labute approximate surface area is 132 Å². The van der Waals surface area contributed by atoms with Crippen LogP contribution in [0.1, 0.15) is 17.4 Å². The summed E-state index contributed by atoms with van der Waals surface area (Å²) in [6, 6.07) is 11.6. The molecule has 2 aromatic carbocycles. The maximum atomic E-state index is 11.6. The van der Waals surface area contributed by atoms with Crippen molar-refractivity contribution in [3.05, 3.63) is 60.0 Å². The number of carboxylic acid groups (broad SMARTS) is 1. The van der Waals surface area contributed by atoms with Crippen LogP contribution in [0, 0.1) is 6.92 Å². The predicted molar refractivity (Wildman–Crippen MR) is 83.4 cm³/mol. The number of rotatable bonds is 4. The predicted octanol–water partition coefficient (Wildman–Crippen LogP) is 2.85. The lowest BCUT2D eigenvalue weighted by Gasteiger charge is -2.15. The number of aromatic hydroxyl groups is 1. The lowest BCUT2D eigenvalue weighted by atomic mass is 10.0. The van der Waals surface area contributed by atoms with E-state index in [4.69, 9.17) is 4.74 Å². The SMILES string of the molecule is Cc1cc(OC(C(=O)O)c2ccc3cc(O)ccc3c2)ncn1. The molecule has 0 aliphatic heterocycles. The first-order valence-corrected chi connectivity index (χ1v) is 6.94. The Morgan fingerprint density at radius 2 is 1.83 bits per heavy atom. The zero-order chi connectivity index (χ0) is 16.4. The van der Waals surface area contributed by atoms with Crippen LogP contribution in [0.25, 0.3) is 10.8 Å². The van der Waals surface area contributed by atoms with E-state index in [9.17, 15) is 15.0 Å². The van der Waals surface area contributed by atoms with Gasteiger partial charge in [-0.25, -0.2) is 14.8 Å². The van der Waals surface area contributed by atoms with Crippen molar-refractivity contribution in [2.45, 2.75) is 13.0 Å². The van der Waals surface area contributed by atoms with E-state index < -0.39 is 12.1 Å². The number of carboxylic acids is 1. The Bertz CT molecular complexity index is 879. The summed E-state index contributed by atoms with van der Waals surface area (Å²) in [6.45, 7) is 1.77. The lowest BCUT2D eigenvalue weighted by molar-refractivity contribution is -0.145. The highest BCUT2D eigenvalue weighted by Gasteiger charge is 2.23. The first kappa shape index (κ1) is 14.8. The highest BCUT2D eigenvalue weighted by Crippen LogP contribution is 2.26. The molecule has 0 aliphatic rings. The van der Waals surface area contributed by atoms with Gasteiger partial charge in [0, 0.05) is 17.3 Å². The Morgan fingerprint density at radius 1 is 1.09 bits per heavy atom. The molecule has 3 aromatic rings. The van der Waals surface area contributed by atoms with Crippen molar-refractivity contribution >= 4 is 16.7 Å². The van der Waals surface area contributed by atoms with Gasteiger partial charge in [-0.15, -0.1) is 0 Å². The van der Waals surface area contributed by atoms with E-state index in [2.05, 4.69) is 9.97 Å². The second kappa shape index (κ2) is 5.92. The van der Waals surface area contributed by atoms with Crippen LogP contribution in [0.5, 0.6) is 11.6 Å². The number of ether oxygens (including phenoxy) is 1. The number of phenols is 1. The highest BCUT2D eigenvalue weighted by atomic mass is 16.5. The van der Waals surface area contributed by atoms with Gasteiger partial charge in [0.15, 0.2) is 0 Å². The van der Waals surface area contributed by atoms with Gasteiger partial charge < -0.3 is 14.9 Å². The van der Waals surface area contributed by atoms with Gasteiger partial charge >= 0.3 is 5.97 Å². The van der Waals surface area contributed by atoms with Crippen LogP contribution < -0.4 is 4.74 Å². The molecule has 0 aliphatic carbocycles. The van der Waals surface area contributed by atoms with Gasteiger partial charge in [0.25, 0.3) is 0 Å². The molecule has 1 atom stereocenters. The fourth-order valence-corrected chi connectivity index (χ4v) is 2.29. The van der Waals surface area contributed by atoms with E-state index in [0.29, 0.717) is 11.3 Å². The van der Waals surface area contributed by atoms with E-state index >= 15 is 0 Å². The zero-order valence-corrected chi connectivity index (χ0v) is 12.3. The van der Waals surface area contributed by atoms with Crippen LogP contribution in [0.3, 0.4) is 0 Å². The molecule has 0 bridgehead atoms. The Hall–Kier alpha value is -3.15. The summed E-state index contributed by atoms with van der Waals surface area (Å²) in [5, 5.41) is 20.6. The Kier molecular flexibility index (Phi) is 3.80. The molecule has 3 rings (SSSR count). The molecule has 6 nitrogen and oxygen atoms in total. The average molecular weight is 310 g/mol. The molecule has 23 heavy (non-hydrogen) atoms. The average Bonchev–Trinajstić information content (AvgIpc) is 2.52. The summed E-state index contributed by atoms with van der Waals surface area (Å²) in [5.41, 5.74) is 1.18. The lowest BCUT2D eigenvalue weighted by Crippen LogP contribution is -2.18. The Balaban J connectivity index is 1.97. The van der Waals surface area contributed by atoms with Crippen molar-refractivity contribution in [1.29, 1.82) is 0 Å². The molecule has 0 fully saturated rings. The largest absolute Gasteiger partial charge is 0.508 e. The van der Waals surface area contributed by atoms with Crippen LogP contribution >= 0.6 is 0 Å². The summed E-state index contributed by atoms with van der Waals surface area (Å²) in [7, 11) is 0. The molecule has 116 valence electrons. The Morgan fingerprint density at radius 3 is 2.57 bits per heavy atom. The van der Waals surface area contributed by atoms with Gasteiger partial charge in [-0.3, -0.25) is 0 Å². The normalized spacial score (nSPS) is 12.0. The monoisotopic (exact) mass is 310 g/mol. The van der Waals surface area contributed by atoms with E-state index in [1.807, 2.05) is 0 Å². The molecule has 1 aromatic heterocycles. The molecular weight excluding hydrogens is 296 g/mol. The number of nitrogens with zero attached hydrogens (tertiary/aromatic N) is 2. The molecule has 0 amide bonds. The standard InChI is InChI=1S/C17H14N2O4/c1-10-6-15(19-9-18-10)23-16(17(21)22)13-3-2-12-8-14(20)5-4-11(12)7-13/h2-9,16,20H,1H3,(H,21,22). The maximum Gasteiger partial charge on any atom is 0.349 e. The fraction of sp³-hybridized carbons (Fsp3) is 0.118. The molecule has 0 spiro atoms. The van der Waals surface area contributed by atoms with Gasteiger partial charge in [-0.05, 0) is 35.9 Å². The molecule has 0 radical (unpaired) electrons. The highest BCUT2D eigenvalue weighted by molar-refractivity contribution is 5.86. The summed E-state index contributed by atoms with van der Waals surface area (Å²) < 4.78 is 5.52. The first-order chi connectivity index (χ1) is 11.0. The zero-order valence-electron chi connectivity index (χ0n) is 12.3. The molecule has 1 heterocycles. The fourth-order valence-electron chi connectivity index (χ4n) is 2.29. The van der Waals surface area contributed by atoms with Crippen molar-refractivity contribution in [3.63, 3.8) is 0 Å². The number of hydrogen-bond donors (Lipinski definition) is 2. The number of phenolic OH excluding ortho intramolecular Hbond substituents is 1. The molecule has 1 unspecified atom stereocenters. The third kappa shape index (κ3) is 3.21. The molecule has 0 saturated carbocycles. The second-order valence-electron chi connectivity index (χ2n) is 5.12. The van der Waals surface area contributed by atoms with E-state index in [1.54, 1.807) is 49.4 Å². The summed E-state index contributed by atoms with van der Waals surface area (Å²) in [4.78, 5) is 19.5. The van der Waals surface area contributed by atoms with Crippen molar-refractivity contribution in [2.24, 2.45) is 0 Å². The minimum atomic E-state index is -1.18. The van der Waals surface area contributed by atoms with E-state index in [0.717, 1.165) is 10.8 Å². The third-order valence-electron chi connectivity index (χ3n) is 3.39. The van der Waals surface area contributed by atoms with Crippen molar-refractivity contribution in [2.75, 3.05) is 0 Å². The van der Waals surface area contributed by atoms with Gasteiger partial charge in [-0.1, -0.05) is 18.2 Å². The van der Waals surface area contributed by atoms with Crippen molar-refractivity contribution in [1.82, 2.24) is 9.97 Å². The number of benzene rings is 2. The van der Waals surface area contributed by atoms with Crippen LogP contribution in [-0.2, 0) is 4.79 Å². The second-order valence-corrected chi connectivity index (χ2v) is 5.12. The van der Waals surface area contributed by atoms with E-state index in [1.165, 1.54) is 6.33 Å². The minimum absolute atomic E-state index is 0.160. The summed E-state index contributed by atoms with van der Waals surface area (Å²) in [6.07, 6.45) is 0.148. The van der Waals surface area contributed by atoms with Crippen molar-refractivity contribution < 1.29 is 19.7 Å². The van der Waals surface area contributed by atoms with Gasteiger partial charge in [0.2, 0.25) is 12.0 Å². The number of fused-ring (bicyclic) bond motifs is 1. The van der Waals surface area contributed by atoms with E-state index in [-0.39, 0.29) is 11.6 Å². The summed E-state index contributed by atoms with van der Waals surface area (Å²) >= 11 is 0. The van der Waals surface area contributed by atoms with Crippen molar-refractivity contribution in [3.8, 4) is 11.6 Å². The van der Waals surface area contributed by atoms with Gasteiger partial charge in [0.05, 0.1) is 0 Å². The number of aryl methyl sites for hydroxylation is 1. The topological polar surface area (TPSA) is 92.5 Å². The number of aromatic nitrogens is 2. The number of hydrogen-bond acceptors (Lipinski definition) is 5. The van der Waals surface area contributed by atoms with Crippen LogP contribution in [-0.4, -0.2) is 26.2 Å². The molecule has 6 heteroatoms. The van der Waals surface area contributed by atoms with Crippen LogP contribution in [0.15, 0.2) is 48.8 Å². The smallest absolute Gasteiger partial charge is 0.349 e. The quantitative estimate of drug-likeness (QED) is 0.769. The van der Waals surface area contributed by atoms with Crippen LogP contribution in [0.4, 0.5) is 0 Å². The summed E-state index contributed by atoms with van der Waals surface area (Å²) in [5.74, 6) is -0.747. The molecular formula is C17H14N2O4. The van der Waals surface area contributed by atoms with Gasteiger partial charge in [-0.2, -0.15) is 0 Å². The molecule has 0 saturated heterocycles. The number of carbonyl (C=O) groups is 1. The minimum Gasteiger partial charge on any atom is -0.508 e. The third-order valence-corrected chi connectivity index (χ3v) is 3.39. The number of aliphatic carboxylic acids is 1. The first-order valence-electron chi connectivity index (χ1n) is 6.94. The van der Waals surface area contributed by atoms with Crippen LogP contribution in [0.2, 0.25) is 0 Å².